The van der Waals surface area contributed by atoms with Gasteiger partial charge in [-0.2, -0.15) is 0 Å². The SMILES string of the molecule is CCN1c2cc(N)ccc2C2(C)C=CC=CC12. The number of hydrogen-bond donors (Lipinski definition) is 1. The van der Waals surface area contributed by atoms with Gasteiger partial charge >= 0.3 is 0 Å². The second-order valence-corrected chi connectivity index (χ2v) is 5.03. The largest absolute Gasteiger partial charge is 0.399 e. The second-order valence-electron chi connectivity index (χ2n) is 5.03. The summed E-state index contributed by atoms with van der Waals surface area (Å²) < 4.78 is 0. The first-order chi connectivity index (χ1) is 8.16. The van der Waals surface area contributed by atoms with E-state index in [0.29, 0.717) is 6.04 Å². The van der Waals surface area contributed by atoms with E-state index in [1.807, 2.05) is 6.07 Å². The van der Waals surface area contributed by atoms with Crippen molar-refractivity contribution < 1.29 is 0 Å². The van der Waals surface area contributed by atoms with E-state index in [9.17, 15) is 0 Å². The predicted octanol–water partition coefficient (Wildman–Crippen LogP) is 2.86. The number of allylic oxidation sites excluding steroid dienone is 2. The molecule has 0 saturated heterocycles. The average Bonchev–Trinajstić information content (AvgIpc) is 2.56. The van der Waals surface area contributed by atoms with Gasteiger partial charge in [0.05, 0.1) is 6.04 Å². The Kier molecular flexibility index (Phi) is 2.09. The highest BCUT2D eigenvalue weighted by Gasteiger charge is 2.44. The first-order valence-corrected chi connectivity index (χ1v) is 6.19. The van der Waals surface area contributed by atoms with Crippen molar-refractivity contribution in [3.8, 4) is 0 Å². The van der Waals surface area contributed by atoms with Gasteiger partial charge in [-0.1, -0.05) is 30.4 Å². The lowest BCUT2D eigenvalue weighted by Crippen LogP contribution is -2.41. The highest BCUT2D eigenvalue weighted by Crippen LogP contribution is 2.48. The van der Waals surface area contributed by atoms with Gasteiger partial charge in [-0.3, -0.25) is 0 Å². The smallest absolute Gasteiger partial charge is 0.0605 e. The minimum absolute atomic E-state index is 0.0911. The number of anilines is 2. The normalized spacial score (nSPS) is 29.3. The van der Waals surface area contributed by atoms with Gasteiger partial charge in [0.2, 0.25) is 0 Å². The van der Waals surface area contributed by atoms with E-state index in [2.05, 4.69) is 55.2 Å². The van der Waals surface area contributed by atoms with E-state index in [-0.39, 0.29) is 5.41 Å². The van der Waals surface area contributed by atoms with Gasteiger partial charge in [-0.15, -0.1) is 0 Å². The van der Waals surface area contributed by atoms with E-state index in [0.717, 1.165) is 12.2 Å². The van der Waals surface area contributed by atoms with Gasteiger partial charge in [-0.25, -0.2) is 0 Å². The fourth-order valence-electron chi connectivity index (χ4n) is 3.16. The van der Waals surface area contributed by atoms with Crippen LogP contribution in [0.4, 0.5) is 11.4 Å². The summed E-state index contributed by atoms with van der Waals surface area (Å²) >= 11 is 0. The molecule has 1 aromatic rings. The van der Waals surface area contributed by atoms with Gasteiger partial charge in [0.1, 0.15) is 0 Å². The molecule has 0 amide bonds. The van der Waals surface area contributed by atoms with Crippen LogP contribution in [0.2, 0.25) is 0 Å². The Bertz CT molecular complexity index is 516. The third-order valence-electron chi connectivity index (χ3n) is 4.05. The summed E-state index contributed by atoms with van der Waals surface area (Å²) in [6, 6.07) is 6.71. The monoisotopic (exact) mass is 226 g/mol. The maximum absolute atomic E-state index is 5.92. The molecule has 2 nitrogen and oxygen atoms in total. The van der Waals surface area contributed by atoms with Gasteiger partial charge in [0.25, 0.3) is 0 Å². The Morgan fingerprint density at radius 3 is 2.94 bits per heavy atom. The van der Waals surface area contributed by atoms with Crippen molar-refractivity contribution in [2.45, 2.75) is 25.3 Å². The molecule has 0 fully saturated rings. The molecule has 3 rings (SSSR count). The van der Waals surface area contributed by atoms with Crippen LogP contribution in [-0.4, -0.2) is 12.6 Å². The van der Waals surface area contributed by atoms with Crippen molar-refractivity contribution in [1.29, 1.82) is 0 Å². The van der Waals surface area contributed by atoms with Gasteiger partial charge in [0.15, 0.2) is 0 Å². The first kappa shape index (κ1) is 10.5. The zero-order valence-electron chi connectivity index (χ0n) is 10.4. The van der Waals surface area contributed by atoms with E-state index < -0.39 is 0 Å². The highest BCUT2D eigenvalue weighted by atomic mass is 15.2. The van der Waals surface area contributed by atoms with Crippen molar-refractivity contribution in [2.75, 3.05) is 17.2 Å². The van der Waals surface area contributed by atoms with Crippen LogP contribution in [0, 0.1) is 0 Å². The van der Waals surface area contributed by atoms with E-state index in [4.69, 9.17) is 5.73 Å². The molecule has 17 heavy (non-hydrogen) atoms. The molecule has 0 bridgehead atoms. The zero-order chi connectivity index (χ0) is 12.0. The molecule has 2 atom stereocenters. The summed E-state index contributed by atoms with van der Waals surface area (Å²) in [5, 5.41) is 0. The van der Waals surface area contributed by atoms with Crippen LogP contribution in [-0.2, 0) is 5.41 Å². The Hall–Kier alpha value is -1.70. The second kappa shape index (κ2) is 3.39. The predicted molar refractivity (Wildman–Crippen MR) is 73.3 cm³/mol. The molecule has 0 spiro atoms. The number of nitrogens with two attached hydrogens (primary N) is 1. The molecular weight excluding hydrogens is 208 g/mol. The van der Waals surface area contributed by atoms with Crippen LogP contribution < -0.4 is 10.6 Å². The molecule has 1 aliphatic heterocycles. The van der Waals surface area contributed by atoms with Gasteiger partial charge < -0.3 is 10.6 Å². The molecule has 1 aliphatic carbocycles. The van der Waals surface area contributed by atoms with Gasteiger partial charge in [-0.05, 0) is 31.5 Å². The van der Waals surface area contributed by atoms with Crippen LogP contribution in [0.25, 0.3) is 0 Å². The molecule has 0 aromatic heterocycles. The summed E-state index contributed by atoms with van der Waals surface area (Å²) in [5.74, 6) is 0. The quantitative estimate of drug-likeness (QED) is 0.746. The minimum atomic E-state index is 0.0911. The standard InChI is InChI=1S/C15H18N2/c1-3-17-13-10-11(16)7-8-12(13)15(2)9-5-4-6-14(15)17/h4-10,14H,3,16H2,1-2H3. The number of fused-ring (bicyclic) bond motifs is 3. The summed E-state index contributed by atoms with van der Waals surface area (Å²) in [6.07, 6.45) is 8.89. The molecule has 1 heterocycles. The van der Waals surface area contributed by atoms with Gasteiger partial charge in [0, 0.05) is 23.3 Å². The summed E-state index contributed by atoms with van der Waals surface area (Å²) in [5.41, 5.74) is 9.53. The highest BCUT2D eigenvalue weighted by molar-refractivity contribution is 5.71. The molecule has 88 valence electrons. The van der Waals surface area contributed by atoms with Crippen LogP contribution in [0.3, 0.4) is 0 Å². The third-order valence-corrected chi connectivity index (χ3v) is 4.05. The van der Waals surface area contributed by atoms with Crippen LogP contribution in [0.5, 0.6) is 0 Å². The lowest BCUT2D eigenvalue weighted by Gasteiger charge is -2.33. The van der Waals surface area contributed by atoms with Crippen molar-refractivity contribution >= 4 is 11.4 Å². The zero-order valence-corrected chi connectivity index (χ0v) is 10.4. The number of benzene rings is 1. The van der Waals surface area contributed by atoms with E-state index in [1.165, 1.54) is 11.3 Å². The summed E-state index contributed by atoms with van der Waals surface area (Å²) in [4.78, 5) is 2.44. The molecule has 0 saturated carbocycles. The number of rotatable bonds is 1. The maximum atomic E-state index is 5.92. The van der Waals surface area contributed by atoms with Crippen LogP contribution >= 0.6 is 0 Å². The van der Waals surface area contributed by atoms with Crippen LogP contribution in [0.1, 0.15) is 19.4 Å². The third kappa shape index (κ3) is 1.27. The Balaban J connectivity index is 2.23. The lowest BCUT2D eigenvalue weighted by atomic mass is 9.76. The van der Waals surface area contributed by atoms with Crippen LogP contribution in [0.15, 0.2) is 42.5 Å². The number of nitrogens with zero attached hydrogens (tertiary/aromatic N) is 1. The molecule has 1 aromatic carbocycles. The van der Waals surface area contributed by atoms with Crippen molar-refractivity contribution in [2.24, 2.45) is 0 Å². The molecular formula is C15H18N2. The van der Waals surface area contributed by atoms with E-state index >= 15 is 0 Å². The molecule has 2 unspecified atom stereocenters. The van der Waals surface area contributed by atoms with E-state index in [1.54, 1.807) is 0 Å². The van der Waals surface area contributed by atoms with Crippen molar-refractivity contribution in [1.82, 2.24) is 0 Å². The average molecular weight is 226 g/mol. The molecule has 2 N–H and O–H groups in total. The lowest BCUT2D eigenvalue weighted by molar-refractivity contribution is 0.528. The summed E-state index contributed by atoms with van der Waals surface area (Å²) in [6.45, 7) is 5.52. The topological polar surface area (TPSA) is 29.3 Å². The Morgan fingerprint density at radius 1 is 1.35 bits per heavy atom. The fraction of sp³-hybridized carbons (Fsp3) is 0.333. The Labute approximate surface area is 102 Å². The molecule has 0 radical (unpaired) electrons. The molecule has 2 heteroatoms. The Morgan fingerprint density at radius 2 is 2.18 bits per heavy atom. The van der Waals surface area contributed by atoms with Crippen molar-refractivity contribution in [3.05, 3.63) is 48.1 Å². The first-order valence-electron chi connectivity index (χ1n) is 6.19. The minimum Gasteiger partial charge on any atom is -0.399 e. The number of hydrogen-bond acceptors (Lipinski definition) is 2. The van der Waals surface area contributed by atoms with Crippen molar-refractivity contribution in [3.63, 3.8) is 0 Å². The fourth-order valence-corrected chi connectivity index (χ4v) is 3.16. The number of likely N-dealkylation sites (N-methyl/N-ethyl adjacent to an activating group) is 1. The maximum Gasteiger partial charge on any atom is 0.0605 e. The molecule has 2 aliphatic rings. The summed E-state index contributed by atoms with van der Waals surface area (Å²) in [7, 11) is 0. The number of nitrogen functional groups attached to an aromatic ring is 1.